The lowest BCUT2D eigenvalue weighted by Gasteiger charge is -2.16. The maximum absolute atomic E-state index is 12.8. The summed E-state index contributed by atoms with van der Waals surface area (Å²) in [6, 6.07) is 7.39. The minimum absolute atomic E-state index is 0.226. The van der Waals surface area contributed by atoms with Gasteiger partial charge in [-0.05, 0) is 83.4 Å². The monoisotopic (exact) mass is 518 g/mol. The smallest absolute Gasteiger partial charge is 0.294 e. The molecule has 1 N–H and O–H groups in total. The molecule has 0 spiro atoms. The van der Waals surface area contributed by atoms with Crippen molar-refractivity contribution in [2.75, 3.05) is 26.1 Å². The molecule has 0 atom stereocenters. The first-order chi connectivity index (χ1) is 15.1. The molecule has 32 heavy (non-hydrogen) atoms. The molecule has 2 aromatic rings. The van der Waals surface area contributed by atoms with Crippen molar-refractivity contribution in [3.8, 4) is 11.5 Å². The van der Waals surface area contributed by atoms with Gasteiger partial charge in [0.15, 0.2) is 11.5 Å². The lowest BCUT2D eigenvalue weighted by atomic mass is 10.1. The molecule has 1 aliphatic rings. The number of aryl methyl sites for hydroxylation is 3. The zero-order valence-electron chi connectivity index (χ0n) is 18.4. The predicted molar refractivity (Wildman–Crippen MR) is 129 cm³/mol. The van der Waals surface area contributed by atoms with E-state index in [9.17, 15) is 14.4 Å². The van der Waals surface area contributed by atoms with Crippen LogP contribution in [0.4, 0.5) is 10.5 Å². The maximum atomic E-state index is 12.8. The molecule has 1 fully saturated rings. The Kier molecular flexibility index (Phi) is 7.30. The summed E-state index contributed by atoms with van der Waals surface area (Å²) in [6.07, 6.45) is 1.59. The molecule has 1 heterocycles. The topological polar surface area (TPSA) is 84.9 Å². The molecule has 2 aromatic carbocycles. The highest BCUT2D eigenvalue weighted by molar-refractivity contribution is 9.10. The third-order valence-corrected chi connectivity index (χ3v) is 6.37. The molecule has 0 aromatic heterocycles. The van der Waals surface area contributed by atoms with Crippen LogP contribution < -0.4 is 14.8 Å². The first kappa shape index (κ1) is 23.9. The molecule has 7 nitrogen and oxygen atoms in total. The van der Waals surface area contributed by atoms with E-state index in [-0.39, 0.29) is 11.4 Å². The van der Waals surface area contributed by atoms with Gasteiger partial charge >= 0.3 is 0 Å². The Labute approximate surface area is 199 Å². The molecule has 3 rings (SSSR count). The van der Waals surface area contributed by atoms with Crippen molar-refractivity contribution in [3.05, 3.63) is 55.9 Å². The van der Waals surface area contributed by atoms with E-state index in [1.54, 1.807) is 18.2 Å². The lowest BCUT2D eigenvalue weighted by Crippen LogP contribution is -2.36. The van der Waals surface area contributed by atoms with Gasteiger partial charge in [-0.3, -0.25) is 19.3 Å². The SMILES string of the molecule is COc1cc(/C=C2/SC(=O)N(CC(=O)Nc3c(C)cc(C)cc3C)C2=O)cc(Br)c1OC. The maximum Gasteiger partial charge on any atom is 0.294 e. The fourth-order valence-corrected chi connectivity index (χ4v) is 4.97. The number of anilines is 1. The van der Waals surface area contributed by atoms with E-state index in [1.807, 2.05) is 32.9 Å². The fraction of sp³-hybridized carbons (Fsp3) is 0.261. The molecule has 3 amide bonds. The van der Waals surface area contributed by atoms with Gasteiger partial charge in [-0.2, -0.15) is 0 Å². The Morgan fingerprint density at radius 1 is 1.09 bits per heavy atom. The number of benzene rings is 2. The van der Waals surface area contributed by atoms with Crippen LogP contribution in [-0.4, -0.2) is 42.7 Å². The minimum Gasteiger partial charge on any atom is -0.493 e. The van der Waals surface area contributed by atoms with Crippen LogP contribution in [0.15, 0.2) is 33.6 Å². The molecule has 0 radical (unpaired) electrons. The van der Waals surface area contributed by atoms with Crippen molar-refractivity contribution < 1.29 is 23.9 Å². The van der Waals surface area contributed by atoms with Gasteiger partial charge in [-0.15, -0.1) is 0 Å². The molecule has 1 saturated heterocycles. The Morgan fingerprint density at radius 2 is 1.75 bits per heavy atom. The zero-order valence-corrected chi connectivity index (χ0v) is 20.8. The lowest BCUT2D eigenvalue weighted by molar-refractivity contribution is -0.127. The summed E-state index contributed by atoms with van der Waals surface area (Å²) in [7, 11) is 3.04. The first-order valence-corrected chi connectivity index (χ1v) is 11.3. The van der Waals surface area contributed by atoms with Crippen molar-refractivity contribution in [3.63, 3.8) is 0 Å². The third kappa shape index (κ3) is 4.99. The van der Waals surface area contributed by atoms with Crippen LogP contribution in [0.2, 0.25) is 0 Å². The molecular weight excluding hydrogens is 496 g/mol. The van der Waals surface area contributed by atoms with Gasteiger partial charge in [0, 0.05) is 5.69 Å². The van der Waals surface area contributed by atoms with Gasteiger partial charge < -0.3 is 14.8 Å². The molecule has 168 valence electrons. The standard InChI is InChI=1S/C23H23BrN2O5S/c1-12-6-13(2)20(14(3)7-12)25-19(27)11-26-22(28)18(32-23(26)29)10-15-8-16(24)21(31-5)17(9-15)30-4/h6-10H,11H2,1-5H3,(H,25,27)/b18-10+. The highest BCUT2D eigenvalue weighted by Gasteiger charge is 2.36. The van der Waals surface area contributed by atoms with E-state index >= 15 is 0 Å². The number of nitrogens with one attached hydrogen (secondary N) is 1. The molecule has 0 saturated carbocycles. The number of hydrogen-bond donors (Lipinski definition) is 1. The number of hydrogen-bond acceptors (Lipinski definition) is 6. The van der Waals surface area contributed by atoms with Gasteiger partial charge in [-0.25, -0.2) is 0 Å². The van der Waals surface area contributed by atoms with Crippen LogP contribution in [-0.2, 0) is 9.59 Å². The Hall–Kier alpha value is -2.78. The van der Waals surface area contributed by atoms with E-state index < -0.39 is 17.1 Å². The van der Waals surface area contributed by atoms with E-state index in [1.165, 1.54) is 14.2 Å². The minimum atomic E-state index is -0.515. The zero-order chi connectivity index (χ0) is 23.6. The average Bonchev–Trinajstić information content (AvgIpc) is 2.97. The van der Waals surface area contributed by atoms with Crippen molar-refractivity contribution in [1.82, 2.24) is 4.90 Å². The molecule has 0 aliphatic carbocycles. The highest BCUT2D eigenvalue weighted by Crippen LogP contribution is 2.38. The van der Waals surface area contributed by atoms with Gasteiger partial charge in [0.1, 0.15) is 6.54 Å². The number of carbonyl (C=O) groups is 3. The molecule has 0 unspecified atom stereocenters. The second-order valence-corrected chi connectivity index (χ2v) is 9.18. The summed E-state index contributed by atoms with van der Waals surface area (Å²) in [5, 5.41) is 2.33. The summed E-state index contributed by atoms with van der Waals surface area (Å²) in [5.41, 5.74) is 4.28. The van der Waals surface area contributed by atoms with Crippen LogP contribution in [0.3, 0.4) is 0 Å². The molecular formula is C23H23BrN2O5S. The van der Waals surface area contributed by atoms with Gasteiger partial charge in [-0.1, -0.05) is 17.7 Å². The van der Waals surface area contributed by atoms with Crippen molar-refractivity contribution >= 4 is 56.5 Å². The second-order valence-electron chi connectivity index (χ2n) is 7.33. The summed E-state index contributed by atoms with van der Waals surface area (Å²) in [5.74, 6) is 0.0579. The third-order valence-electron chi connectivity index (χ3n) is 4.87. The average molecular weight is 519 g/mol. The fourth-order valence-electron chi connectivity index (χ4n) is 3.51. The summed E-state index contributed by atoms with van der Waals surface area (Å²) in [6.45, 7) is 5.43. The van der Waals surface area contributed by atoms with Crippen LogP contribution in [0.5, 0.6) is 11.5 Å². The number of nitrogens with zero attached hydrogens (tertiary/aromatic N) is 1. The Balaban J connectivity index is 1.78. The summed E-state index contributed by atoms with van der Waals surface area (Å²) in [4.78, 5) is 39.0. The Bertz CT molecular complexity index is 1120. The van der Waals surface area contributed by atoms with E-state index in [0.29, 0.717) is 27.2 Å². The van der Waals surface area contributed by atoms with Gasteiger partial charge in [0.2, 0.25) is 5.91 Å². The van der Waals surface area contributed by atoms with Crippen molar-refractivity contribution in [1.29, 1.82) is 0 Å². The first-order valence-electron chi connectivity index (χ1n) is 9.69. The van der Waals surface area contributed by atoms with E-state index in [4.69, 9.17) is 9.47 Å². The summed E-state index contributed by atoms with van der Waals surface area (Å²) >= 11 is 4.20. The second kappa shape index (κ2) is 9.79. The number of amides is 3. The molecule has 9 heteroatoms. The van der Waals surface area contributed by atoms with Crippen molar-refractivity contribution in [2.45, 2.75) is 20.8 Å². The van der Waals surface area contributed by atoms with Gasteiger partial charge in [0.25, 0.3) is 11.1 Å². The number of rotatable bonds is 6. The number of carbonyl (C=O) groups excluding carboxylic acids is 3. The number of thioether (sulfide) groups is 1. The number of ether oxygens (including phenoxy) is 2. The number of methoxy groups -OCH3 is 2. The van der Waals surface area contributed by atoms with Gasteiger partial charge in [0.05, 0.1) is 23.6 Å². The van der Waals surface area contributed by atoms with Crippen LogP contribution in [0.1, 0.15) is 22.3 Å². The number of imide groups is 1. The Morgan fingerprint density at radius 3 is 2.34 bits per heavy atom. The van der Waals surface area contributed by atoms with E-state index in [2.05, 4.69) is 21.2 Å². The van der Waals surface area contributed by atoms with Crippen LogP contribution >= 0.6 is 27.7 Å². The van der Waals surface area contributed by atoms with Crippen LogP contribution in [0, 0.1) is 20.8 Å². The van der Waals surface area contributed by atoms with Crippen molar-refractivity contribution in [2.24, 2.45) is 0 Å². The predicted octanol–water partition coefficient (Wildman–Crippen LogP) is 5.07. The normalized spacial score (nSPS) is 14.8. The van der Waals surface area contributed by atoms with Crippen LogP contribution in [0.25, 0.3) is 6.08 Å². The quantitative estimate of drug-likeness (QED) is 0.537. The van der Waals surface area contributed by atoms with E-state index in [0.717, 1.165) is 33.4 Å². The molecule has 1 aliphatic heterocycles. The highest BCUT2D eigenvalue weighted by atomic mass is 79.9. The summed E-state index contributed by atoms with van der Waals surface area (Å²) < 4.78 is 11.3. The number of halogens is 1. The molecule has 0 bridgehead atoms. The largest absolute Gasteiger partial charge is 0.493 e.